The first-order valence-electron chi connectivity index (χ1n) is 14.9. The first-order valence-corrected chi connectivity index (χ1v) is 16.8. The van der Waals surface area contributed by atoms with Crippen LogP contribution in [0.25, 0.3) is 28.1 Å². The maximum Gasteiger partial charge on any atom is 0.272 e. The molecule has 0 saturated carbocycles. The standard InChI is InChI=1S/C38H29N5O3S2/c1-24-14-16-25(17-15-24)32-22-48-38(31(32)20-39)43-35(44)23-47-29-11-7-10-28(19-29)41-37(46)34(42-36(45)26-8-3-2-4-9-26)18-27-21-40-33-13-6-5-12-30(27)33/h2-19,21-22,40H,23H2,1H3,(H,41,46)(H,42,45)(H,43,44)/b34-18-. The van der Waals surface area contributed by atoms with Gasteiger partial charge in [0.1, 0.15) is 16.8 Å². The van der Waals surface area contributed by atoms with Crippen LogP contribution < -0.4 is 16.0 Å². The molecule has 0 aliphatic carbocycles. The number of aromatic nitrogens is 1. The van der Waals surface area contributed by atoms with Gasteiger partial charge in [0.05, 0.1) is 11.3 Å². The van der Waals surface area contributed by atoms with Gasteiger partial charge in [0.2, 0.25) is 5.91 Å². The highest BCUT2D eigenvalue weighted by Gasteiger charge is 2.18. The van der Waals surface area contributed by atoms with E-state index in [-0.39, 0.29) is 17.4 Å². The number of aromatic amines is 1. The highest BCUT2D eigenvalue weighted by atomic mass is 32.2. The van der Waals surface area contributed by atoms with Crippen LogP contribution in [0.15, 0.2) is 125 Å². The van der Waals surface area contributed by atoms with Crippen LogP contribution in [0.3, 0.4) is 0 Å². The Kier molecular flexibility index (Phi) is 9.81. The number of anilines is 2. The molecule has 6 rings (SSSR count). The summed E-state index contributed by atoms with van der Waals surface area (Å²) in [5.41, 5.74) is 5.90. The molecule has 236 valence electrons. The van der Waals surface area contributed by atoms with Gasteiger partial charge < -0.3 is 20.9 Å². The van der Waals surface area contributed by atoms with Crippen LogP contribution in [0.1, 0.15) is 27.0 Å². The van der Waals surface area contributed by atoms with Gasteiger partial charge in [0.15, 0.2) is 0 Å². The Bertz CT molecular complexity index is 2200. The van der Waals surface area contributed by atoms with Crippen LogP contribution in [-0.4, -0.2) is 28.5 Å². The lowest BCUT2D eigenvalue weighted by molar-refractivity contribution is -0.114. The van der Waals surface area contributed by atoms with Crippen LogP contribution >= 0.6 is 23.1 Å². The molecule has 0 unspecified atom stereocenters. The Hall–Kier alpha value is -5.89. The van der Waals surface area contributed by atoms with Crippen molar-refractivity contribution in [3.8, 4) is 17.2 Å². The number of benzene rings is 4. The van der Waals surface area contributed by atoms with E-state index in [0.717, 1.165) is 38.1 Å². The predicted molar refractivity (Wildman–Crippen MR) is 194 cm³/mol. The van der Waals surface area contributed by atoms with Gasteiger partial charge in [-0.15, -0.1) is 23.1 Å². The maximum atomic E-state index is 13.6. The van der Waals surface area contributed by atoms with Crippen molar-refractivity contribution in [2.24, 2.45) is 0 Å². The summed E-state index contributed by atoms with van der Waals surface area (Å²) >= 11 is 2.62. The molecule has 0 saturated heterocycles. The Morgan fingerprint density at radius 2 is 1.69 bits per heavy atom. The molecule has 10 heteroatoms. The topological polar surface area (TPSA) is 127 Å². The molecule has 8 nitrogen and oxygen atoms in total. The summed E-state index contributed by atoms with van der Waals surface area (Å²) in [5.74, 6) is -1.08. The van der Waals surface area contributed by atoms with Crippen molar-refractivity contribution in [3.05, 3.63) is 143 Å². The molecule has 48 heavy (non-hydrogen) atoms. The molecule has 0 atom stereocenters. The van der Waals surface area contributed by atoms with E-state index in [4.69, 9.17) is 0 Å². The van der Waals surface area contributed by atoms with Crippen molar-refractivity contribution in [2.45, 2.75) is 11.8 Å². The number of thiophene rings is 1. The minimum Gasteiger partial charge on any atom is -0.361 e. The summed E-state index contributed by atoms with van der Waals surface area (Å²) in [4.78, 5) is 43.5. The highest BCUT2D eigenvalue weighted by molar-refractivity contribution is 8.00. The van der Waals surface area contributed by atoms with Crippen molar-refractivity contribution in [3.63, 3.8) is 0 Å². The van der Waals surface area contributed by atoms with Gasteiger partial charge in [-0.25, -0.2) is 0 Å². The monoisotopic (exact) mass is 667 g/mol. The quantitative estimate of drug-likeness (QED) is 0.0865. The fourth-order valence-corrected chi connectivity index (χ4v) is 6.68. The molecule has 0 bridgehead atoms. The van der Waals surface area contributed by atoms with Gasteiger partial charge >= 0.3 is 0 Å². The van der Waals surface area contributed by atoms with Crippen molar-refractivity contribution < 1.29 is 14.4 Å². The Balaban J connectivity index is 1.14. The van der Waals surface area contributed by atoms with Crippen molar-refractivity contribution in [2.75, 3.05) is 16.4 Å². The molecule has 0 aliphatic rings. The number of hydrogen-bond acceptors (Lipinski definition) is 6. The van der Waals surface area contributed by atoms with Crippen LogP contribution in [0, 0.1) is 18.3 Å². The number of fused-ring (bicyclic) bond motifs is 1. The third kappa shape index (κ3) is 7.56. The average Bonchev–Trinajstić information content (AvgIpc) is 3.71. The molecule has 4 N–H and O–H groups in total. The van der Waals surface area contributed by atoms with Gasteiger partial charge in [-0.05, 0) is 55.0 Å². The van der Waals surface area contributed by atoms with Crippen molar-refractivity contribution in [1.29, 1.82) is 5.26 Å². The number of amides is 3. The molecule has 0 aliphatic heterocycles. The van der Waals surface area contributed by atoms with Gasteiger partial charge in [0, 0.05) is 49.8 Å². The lowest BCUT2D eigenvalue weighted by atomic mass is 10.0. The number of rotatable bonds is 10. The zero-order valence-corrected chi connectivity index (χ0v) is 27.4. The van der Waals surface area contributed by atoms with Gasteiger partial charge in [-0.1, -0.05) is 72.3 Å². The molecule has 0 radical (unpaired) electrons. The number of carbonyl (C=O) groups is 3. The number of para-hydroxylation sites is 1. The van der Waals surface area contributed by atoms with E-state index in [0.29, 0.717) is 21.8 Å². The summed E-state index contributed by atoms with van der Waals surface area (Å²) in [5, 5.41) is 21.7. The van der Waals surface area contributed by atoms with E-state index in [1.165, 1.54) is 23.1 Å². The van der Waals surface area contributed by atoms with E-state index < -0.39 is 11.8 Å². The van der Waals surface area contributed by atoms with E-state index in [1.807, 2.05) is 73.0 Å². The molecule has 0 spiro atoms. The number of nitriles is 1. The molecular formula is C38H29N5O3S2. The lowest BCUT2D eigenvalue weighted by Crippen LogP contribution is -2.30. The molecule has 2 aromatic heterocycles. The SMILES string of the molecule is Cc1ccc(-c2csc(NC(=O)CSc3cccc(NC(=O)/C(=C/c4c[nH]c5ccccc45)NC(=O)c4ccccc4)c3)c2C#N)cc1. The van der Waals surface area contributed by atoms with Crippen LogP contribution in [0.2, 0.25) is 0 Å². The minimum atomic E-state index is -0.504. The zero-order valence-electron chi connectivity index (χ0n) is 25.7. The Morgan fingerprint density at radius 3 is 2.48 bits per heavy atom. The second-order valence-corrected chi connectivity index (χ2v) is 12.7. The summed E-state index contributed by atoms with van der Waals surface area (Å²) in [7, 11) is 0. The number of hydrogen-bond donors (Lipinski definition) is 4. The van der Waals surface area contributed by atoms with E-state index in [1.54, 1.807) is 54.7 Å². The van der Waals surface area contributed by atoms with Gasteiger partial charge in [-0.2, -0.15) is 5.26 Å². The summed E-state index contributed by atoms with van der Waals surface area (Å²) < 4.78 is 0. The molecule has 3 amide bonds. The zero-order chi connectivity index (χ0) is 33.5. The predicted octanol–water partition coefficient (Wildman–Crippen LogP) is 8.22. The number of thioether (sulfide) groups is 1. The number of H-pyrrole nitrogens is 1. The molecule has 2 heterocycles. The second-order valence-electron chi connectivity index (χ2n) is 10.8. The Labute approximate surface area is 285 Å². The molecule has 4 aromatic carbocycles. The third-order valence-corrected chi connectivity index (χ3v) is 9.32. The summed E-state index contributed by atoms with van der Waals surface area (Å²) in [6.07, 6.45) is 3.43. The van der Waals surface area contributed by atoms with Crippen LogP contribution in [0.5, 0.6) is 0 Å². The smallest absolute Gasteiger partial charge is 0.272 e. The normalized spacial score (nSPS) is 11.1. The van der Waals surface area contributed by atoms with Crippen molar-refractivity contribution in [1.82, 2.24) is 10.3 Å². The maximum absolute atomic E-state index is 13.6. The van der Waals surface area contributed by atoms with Gasteiger partial charge in [0.25, 0.3) is 11.8 Å². The number of nitrogens with one attached hydrogen (secondary N) is 4. The fraction of sp³-hybridized carbons (Fsp3) is 0.0526. The highest BCUT2D eigenvalue weighted by Crippen LogP contribution is 2.35. The van der Waals surface area contributed by atoms with E-state index in [9.17, 15) is 19.6 Å². The fourth-order valence-electron chi connectivity index (χ4n) is 4.99. The average molecular weight is 668 g/mol. The van der Waals surface area contributed by atoms with Crippen LogP contribution in [-0.2, 0) is 9.59 Å². The number of aryl methyl sites for hydroxylation is 1. The molecule has 6 aromatic rings. The van der Waals surface area contributed by atoms with Crippen LogP contribution in [0.4, 0.5) is 10.7 Å². The molecular weight excluding hydrogens is 639 g/mol. The first kappa shape index (κ1) is 32.1. The Morgan fingerprint density at radius 1 is 0.917 bits per heavy atom. The number of nitrogens with zero attached hydrogens (tertiary/aromatic N) is 1. The second kappa shape index (κ2) is 14.7. The van der Waals surface area contributed by atoms with Gasteiger partial charge in [-0.3, -0.25) is 14.4 Å². The largest absolute Gasteiger partial charge is 0.361 e. The summed E-state index contributed by atoms with van der Waals surface area (Å²) in [6, 6.07) is 33.6. The molecule has 0 fully saturated rings. The third-order valence-electron chi connectivity index (χ3n) is 7.43. The minimum absolute atomic E-state index is 0.0697. The first-order chi connectivity index (χ1) is 23.4. The van der Waals surface area contributed by atoms with Crippen molar-refractivity contribution >= 4 is 68.5 Å². The number of carbonyl (C=O) groups excluding carboxylic acids is 3. The lowest BCUT2D eigenvalue weighted by Gasteiger charge is -2.12. The summed E-state index contributed by atoms with van der Waals surface area (Å²) in [6.45, 7) is 2.00. The van der Waals surface area contributed by atoms with E-state index in [2.05, 4.69) is 27.0 Å². The van der Waals surface area contributed by atoms with E-state index >= 15 is 0 Å².